The number of para-hydroxylation sites is 1. The maximum Gasteiger partial charge on any atom is 0.338 e. The number of thiophene rings is 1. The summed E-state index contributed by atoms with van der Waals surface area (Å²) in [6, 6.07) is 15.3. The fourth-order valence-corrected chi connectivity index (χ4v) is 4.53. The Morgan fingerprint density at radius 3 is 2.51 bits per heavy atom. The molecule has 0 unspecified atom stereocenters. The number of hydrogen-bond acceptors (Lipinski definition) is 7. The number of carbonyl (C=O) groups is 3. The van der Waals surface area contributed by atoms with Gasteiger partial charge >= 0.3 is 5.97 Å². The molecule has 10 heteroatoms. The van der Waals surface area contributed by atoms with Crippen molar-refractivity contribution in [3.63, 3.8) is 0 Å². The standard InChI is InChI=1S/C25H22N4O5S/c1-3-34-25(33)16-8-7-11-18(12-16)27-19(30)13-29-14-26-23-20(24(29)32)15(2)21(35-23)22(31)28-17-9-5-4-6-10-17/h4-12,14H,3,13H2,1-2H3,(H,27,30)(H,28,31). The number of nitrogens with one attached hydrogen (secondary N) is 2. The number of aromatic nitrogens is 2. The number of anilines is 2. The Morgan fingerprint density at radius 1 is 1.03 bits per heavy atom. The van der Waals surface area contributed by atoms with Gasteiger partial charge in [-0.2, -0.15) is 0 Å². The second-order valence-corrected chi connectivity index (χ2v) is 8.58. The van der Waals surface area contributed by atoms with Gasteiger partial charge in [0, 0.05) is 11.4 Å². The van der Waals surface area contributed by atoms with Crippen LogP contribution in [0.25, 0.3) is 10.2 Å². The summed E-state index contributed by atoms with van der Waals surface area (Å²) >= 11 is 1.12. The molecule has 178 valence electrons. The van der Waals surface area contributed by atoms with Crippen LogP contribution >= 0.6 is 11.3 Å². The second kappa shape index (κ2) is 10.3. The van der Waals surface area contributed by atoms with Crippen molar-refractivity contribution in [2.24, 2.45) is 0 Å². The van der Waals surface area contributed by atoms with Crippen molar-refractivity contribution in [3.8, 4) is 0 Å². The Hall–Kier alpha value is -4.31. The zero-order valence-electron chi connectivity index (χ0n) is 19.0. The lowest BCUT2D eigenvalue weighted by Crippen LogP contribution is -2.28. The van der Waals surface area contributed by atoms with Gasteiger partial charge in [0.2, 0.25) is 5.91 Å². The number of aryl methyl sites for hydroxylation is 1. The number of rotatable bonds is 7. The molecule has 2 aromatic carbocycles. The highest BCUT2D eigenvalue weighted by Crippen LogP contribution is 2.27. The molecule has 2 amide bonds. The molecule has 0 aliphatic heterocycles. The van der Waals surface area contributed by atoms with Gasteiger partial charge < -0.3 is 15.4 Å². The summed E-state index contributed by atoms with van der Waals surface area (Å²) in [7, 11) is 0. The zero-order valence-corrected chi connectivity index (χ0v) is 19.8. The van der Waals surface area contributed by atoms with Gasteiger partial charge in [0.25, 0.3) is 11.5 Å². The van der Waals surface area contributed by atoms with Gasteiger partial charge in [-0.25, -0.2) is 9.78 Å². The maximum absolute atomic E-state index is 13.1. The highest BCUT2D eigenvalue weighted by atomic mass is 32.1. The van der Waals surface area contributed by atoms with Crippen LogP contribution < -0.4 is 16.2 Å². The van der Waals surface area contributed by atoms with Gasteiger partial charge in [-0.3, -0.25) is 19.0 Å². The SMILES string of the molecule is CCOC(=O)c1cccc(NC(=O)Cn2cnc3sc(C(=O)Nc4ccccc4)c(C)c3c2=O)c1. The minimum Gasteiger partial charge on any atom is -0.462 e. The smallest absolute Gasteiger partial charge is 0.338 e. The van der Waals surface area contributed by atoms with Crippen molar-refractivity contribution < 1.29 is 19.1 Å². The first-order valence-corrected chi connectivity index (χ1v) is 11.6. The van der Waals surface area contributed by atoms with E-state index in [9.17, 15) is 19.2 Å². The fourth-order valence-electron chi connectivity index (χ4n) is 3.49. The largest absolute Gasteiger partial charge is 0.462 e. The normalized spacial score (nSPS) is 10.7. The van der Waals surface area contributed by atoms with Crippen LogP contribution in [0.4, 0.5) is 11.4 Å². The summed E-state index contributed by atoms with van der Waals surface area (Å²) in [6.45, 7) is 3.35. The first-order valence-electron chi connectivity index (χ1n) is 10.8. The lowest BCUT2D eigenvalue weighted by Gasteiger charge is -2.09. The summed E-state index contributed by atoms with van der Waals surface area (Å²) in [5.74, 6) is -1.29. The van der Waals surface area contributed by atoms with Crippen LogP contribution in [0.1, 0.15) is 32.5 Å². The number of amides is 2. The molecule has 0 aliphatic carbocycles. The molecule has 0 aliphatic rings. The molecule has 2 heterocycles. The predicted molar refractivity (Wildman–Crippen MR) is 134 cm³/mol. The second-order valence-electron chi connectivity index (χ2n) is 7.58. The molecule has 0 saturated carbocycles. The lowest BCUT2D eigenvalue weighted by molar-refractivity contribution is -0.116. The van der Waals surface area contributed by atoms with Crippen LogP contribution in [0.2, 0.25) is 0 Å². The average molecular weight is 491 g/mol. The molecule has 4 aromatic rings. The monoisotopic (exact) mass is 490 g/mol. The Bertz CT molecular complexity index is 1480. The van der Waals surface area contributed by atoms with Crippen molar-refractivity contribution in [2.75, 3.05) is 17.2 Å². The third-order valence-corrected chi connectivity index (χ3v) is 6.33. The molecule has 0 spiro atoms. The summed E-state index contributed by atoms with van der Waals surface area (Å²) < 4.78 is 6.16. The van der Waals surface area contributed by atoms with Crippen LogP contribution in [0.15, 0.2) is 65.7 Å². The first-order chi connectivity index (χ1) is 16.9. The van der Waals surface area contributed by atoms with E-state index in [0.29, 0.717) is 37.6 Å². The highest BCUT2D eigenvalue weighted by molar-refractivity contribution is 7.20. The minimum atomic E-state index is -0.491. The first kappa shape index (κ1) is 23.8. The molecular weight excluding hydrogens is 468 g/mol. The van der Waals surface area contributed by atoms with E-state index >= 15 is 0 Å². The van der Waals surface area contributed by atoms with E-state index in [2.05, 4.69) is 15.6 Å². The van der Waals surface area contributed by atoms with Crippen molar-refractivity contribution in [2.45, 2.75) is 20.4 Å². The number of hydrogen-bond donors (Lipinski definition) is 2. The minimum absolute atomic E-state index is 0.242. The van der Waals surface area contributed by atoms with Gasteiger partial charge in [0.15, 0.2) is 0 Å². The van der Waals surface area contributed by atoms with E-state index in [1.54, 1.807) is 44.2 Å². The number of nitrogens with zero attached hydrogens (tertiary/aromatic N) is 2. The third-order valence-electron chi connectivity index (χ3n) is 5.13. The van der Waals surface area contributed by atoms with Gasteiger partial charge in [-0.05, 0) is 49.7 Å². The fraction of sp³-hybridized carbons (Fsp3) is 0.160. The predicted octanol–water partition coefficient (Wildman–Crippen LogP) is 3.83. The molecule has 4 rings (SSSR count). The van der Waals surface area contributed by atoms with Crippen LogP contribution in [-0.2, 0) is 16.1 Å². The van der Waals surface area contributed by atoms with Gasteiger partial charge in [-0.15, -0.1) is 11.3 Å². The Morgan fingerprint density at radius 2 is 1.77 bits per heavy atom. The number of esters is 1. The maximum atomic E-state index is 13.1. The molecule has 0 atom stereocenters. The molecule has 2 aromatic heterocycles. The van der Waals surface area contributed by atoms with E-state index in [1.807, 2.05) is 18.2 Å². The number of ether oxygens (including phenoxy) is 1. The van der Waals surface area contributed by atoms with E-state index in [0.717, 1.165) is 11.3 Å². The molecule has 2 N–H and O–H groups in total. The number of carbonyl (C=O) groups excluding carboxylic acids is 3. The molecule has 35 heavy (non-hydrogen) atoms. The summed E-state index contributed by atoms with van der Waals surface area (Å²) in [6.07, 6.45) is 1.29. The van der Waals surface area contributed by atoms with Crippen molar-refractivity contribution in [1.82, 2.24) is 9.55 Å². The van der Waals surface area contributed by atoms with E-state index in [-0.39, 0.29) is 19.1 Å². The average Bonchev–Trinajstić information content (AvgIpc) is 3.19. The van der Waals surface area contributed by atoms with Crippen molar-refractivity contribution in [1.29, 1.82) is 0 Å². The molecule has 0 radical (unpaired) electrons. The molecule has 0 fully saturated rings. The van der Waals surface area contributed by atoms with Gasteiger partial charge in [0.1, 0.15) is 11.4 Å². The molecular formula is C25H22N4O5S. The summed E-state index contributed by atoms with van der Waals surface area (Å²) in [5.41, 5.74) is 1.43. The molecule has 0 saturated heterocycles. The highest BCUT2D eigenvalue weighted by Gasteiger charge is 2.20. The molecule has 0 bridgehead atoms. The van der Waals surface area contributed by atoms with E-state index < -0.39 is 17.4 Å². The van der Waals surface area contributed by atoms with Crippen LogP contribution in [0.3, 0.4) is 0 Å². The van der Waals surface area contributed by atoms with E-state index in [1.165, 1.54) is 17.0 Å². The van der Waals surface area contributed by atoms with Crippen LogP contribution in [0.5, 0.6) is 0 Å². The van der Waals surface area contributed by atoms with Crippen LogP contribution in [0, 0.1) is 6.92 Å². The summed E-state index contributed by atoms with van der Waals surface area (Å²) in [4.78, 5) is 55.5. The third kappa shape index (κ3) is 5.28. The van der Waals surface area contributed by atoms with Crippen molar-refractivity contribution >= 4 is 50.7 Å². The van der Waals surface area contributed by atoms with Crippen LogP contribution in [-0.4, -0.2) is 33.9 Å². The molecule has 9 nitrogen and oxygen atoms in total. The quantitative estimate of drug-likeness (QED) is 0.380. The number of benzene rings is 2. The lowest BCUT2D eigenvalue weighted by atomic mass is 10.2. The Balaban J connectivity index is 1.53. The van der Waals surface area contributed by atoms with Gasteiger partial charge in [-0.1, -0.05) is 24.3 Å². The topological polar surface area (TPSA) is 119 Å². The van der Waals surface area contributed by atoms with Crippen molar-refractivity contribution in [3.05, 3.63) is 87.3 Å². The number of fused-ring (bicyclic) bond motifs is 1. The Kier molecular flexibility index (Phi) is 7.02. The Labute approximate surface area is 204 Å². The van der Waals surface area contributed by atoms with E-state index in [4.69, 9.17) is 4.74 Å². The summed E-state index contributed by atoms with van der Waals surface area (Å²) in [5, 5.41) is 5.78. The van der Waals surface area contributed by atoms with Gasteiger partial charge in [0.05, 0.1) is 28.8 Å². The zero-order chi connectivity index (χ0) is 24.9.